The minimum Gasteiger partial charge on any atom is -0.321 e. The van der Waals surface area contributed by atoms with Crippen LogP contribution in [0.25, 0.3) is 6.08 Å². The Labute approximate surface area is 92.0 Å². The summed E-state index contributed by atoms with van der Waals surface area (Å²) in [5.41, 5.74) is 9.06. The number of rotatable bonds is 2. The van der Waals surface area contributed by atoms with E-state index in [0.717, 1.165) is 6.42 Å². The fourth-order valence-electron chi connectivity index (χ4n) is 2.25. The zero-order valence-corrected chi connectivity index (χ0v) is 9.75. The second-order valence-corrected chi connectivity index (χ2v) is 5.27. The van der Waals surface area contributed by atoms with Gasteiger partial charge in [-0.3, -0.25) is 0 Å². The van der Waals surface area contributed by atoms with Crippen LogP contribution in [-0.2, 0) is 0 Å². The molecule has 1 saturated carbocycles. The SMILES string of the molecule is C/C(=C\c1ccccc1)C1(N)CC1(C)C. The molecule has 15 heavy (non-hydrogen) atoms. The first kappa shape index (κ1) is 10.4. The highest BCUT2D eigenvalue weighted by atomic mass is 14.9. The molecule has 0 spiro atoms. The van der Waals surface area contributed by atoms with Crippen molar-refractivity contribution in [1.29, 1.82) is 0 Å². The Morgan fingerprint density at radius 3 is 2.27 bits per heavy atom. The van der Waals surface area contributed by atoms with Crippen LogP contribution in [0.15, 0.2) is 35.9 Å². The summed E-state index contributed by atoms with van der Waals surface area (Å²) in [5, 5.41) is 0. The van der Waals surface area contributed by atoms with E-state index in [1.165, 1.54) is 11.1 Å². The lowest BCUT2D eigenvalue weighted by atomic mass is 9.96. The molecule has 1 nitrogen and oxygen atoms in total. The normalized spacial score (nSPS) is 28.9. The van der Waals surface area contributed by atoms with E-state index in [4.69, 9.17) is 5.73 Å². The van der Waals surface area contributed by atoms with Crippen LogP contribution in [0.4, 0.5) is 0 Å². The Kier molecular flexibility index (Phi) is 2.23. The predicted molar refractivity (Wildman–Crippen MR) is 65.4 cm³/mol. The number of nitrogens with two attached hydrogens (primary N) is 1. The Bertz CT molecular complexity index is 389. The monoisotopic (exact) mass is 201 g/mol. The van der Waals surface area contributed by atoms with E-state index in [1.54, 1.807) is 0 Å². The van der Waals surface area contributed by atoms with Gasteiger partial charge in [0, 0.05) is 5.54 Å². The quantitative estimate of drug-likeness (QED) is 0.781. The summed E-state index contributed by atoms with van der Waals surface area (Å²) >= 11 is 0. The third-order valence-electron chi connectivity index (χ3n) is 3.69. The average molecular weight is 201 g/mol. The average Bonchev–Trinajstić information content (AvgIpc) is 2.69. The Balaban J connectivity index is 2.23. The summed E-state index contributed by atoms with van der Waals surface area (Å²) in [6, 6.07) is 10.4. The van der Waals surface area contributed by atoms with Crippen molar-refractivity contribution >= 4 is 6.08 Å². The van der Waals surface area contributed by atoms with E-state index >= 15 is 0 Å². The van der Waals surface area contributed by atoms with Crippen molar-refractivity contribution in [3.8, 4) is 0 Å². The van der Waals surface area contributed by atoms with E-state index in [1.807, 2.05) is 6.07 Å². The Morgan fingerprint density at radius 2 is 1.80 bits per heavy atom. The summed E-state index contributed by atoms with van der Waals surface area (Å²) in [4.78, 5) is 0. The van der Waals surface area contributed by atoms with Gasteiger partial charge in [-0.1, -0.05) is 55.8 Å². The molecule has 0 bridgehead atoms. The lowest BCUT2D eigenvalue weighted by Crippen LogP contribution is -2.29. The molecule has 1 atom stereocenters. The van der Waals surface area contributed by atoms with Gasteiger partial charge in [0.1, 0.15) is 0 Å². The third-order valence-corrected chi connectivity index (χ3v) is 3.69. The van der Waals surface area contributed by atoms with Crippen molar-refractivity contribution < 1.29 is 0 Å². The van der Waals surface area contributed by atoms with Crippen molar-refractivity contribution in [3.05, 3.63) is 41.5 Å². The van der Waals surface area contributed by atoms with Gasteiger partial charge in [0.25, 0.3) is 0 Å². The van der Waals surface area contributed by atoms with Gasteiger partial charge >= 0.3 is 0 Å². The third kappa shape index (κ3) is 1.72. The van der Waals surface area contributed by atoms with Gasteiger partial charge in [0.15, 0.2) is 0 Å². The van der Waals surface area contributed by atoms with E-state index in [2.05, 4.69) is 51.1 Å². The van der Waals surface area contributed by atoms with E-state index in [-0.39, 0.29) is 11.0 Å². The first-order valence-corrected chi connectivity index (χ1v) is 5.48. The van der Waals surface area contributed by atoms with Gasteiger partial charge in [-0.25, -0.2) is 0 Å². The van der Waals surface area contributed by atoms with Gasteiger partial charge in [-0.05, 0) is 24.3 Å². The molecular weight excluding hydrogens is 182 g/mol. The molecule has 1 heteroatoms. The molecule has 2 rings (SSSR count). The van der Waals surface area contributed by atoms with Crippen LogP contribution in [-0.4, -0.2) is 5.54 Å². The maximum absolute atomic E-state index is 6.35. The van der Waals surface area contributed by atoms with E-state index in [0.29, 0.717) is 0 Å². The first-order chi connectivity index (χ1) is 6.96. The first-order valence-electron chi connectivity index (χ1n) is 5.48. The van der Waals surface area contributed by atoms with Gasteiger partial charge in [-0.15, -0.1) is 0 Å². The standard InChI is InChI=1S/C14H19N/c1-11(14(15)10-13(14,2)3)9-12-7-5-4-6-8-12/h4-9H,10,15H2,1-3H3/b11-9+. The highest BCUT2D eigenvalue weighted by molar-refractivity contribution is 5.57. The molecule has 1 unspecified atom stereocenters. The van der Waals surface area contributed by atoms with Crippen molar-refractivity contribution in [2.24, 2.45) is 11.1 Å². The summed E-state index contributed by atoms with van der Waals surface area (Å²) in [7, 11) is 0. The molecule has 0 radical (unpaired) electrons. The zero-order valence-electron chi connectivity index (χ0n) is 9.75. The summed E-state index contributed by atoms with van der Waals surface area (Å²) < 4.78 is 0. The van der Waals surface area contributed by atoms with E-state index in [9.17, 15) is 0 Å². The molecular formula is C14H19N. The van der Waals surface area contributed by atoms with Crippen LogP contribution in [0.5, 0.6) is 0 Å². The van der Waals surface area contributed by atoms with E-state index < -0.39 is 0 Å². The second kappa shape index (κ2) is 3.21. The fraction of sp³-hybridized carbons (Fsp3) is 0.429. The van der Waals surface area contributed by atoms with Crippen LogP contribution >= 0.6 is 0 Å². The second-order valence-electron chi connectivity index (χ2n) is 5.27. The largest absolute Gasteiger partial charge is 0.321 e. The molecule has 0 heterocycles. The van der Waals surface area contributed by atoms with Crippen LogP contribution in [0.1, 0.15) is 32.8 Å². The summed E-state index contributed by atoms with van der Waals surface area (Å²) in [5.74, 6) is 0. The minimum absolute atomic E-state index is 0.0805. The molecule has 80 valence electrons. The van der Waals surface area contributed by atoms with Gasteiger partial charge in [-0.2, -0.15) is 0 Å². The predicted octanol–water partition coefficient (Wildman–Crippen LogP) is 3.22. The minimum atomic E-state index is -0.0805. The van der Waals surface area contributed by atoms with Crippen molar-refractivity contribution in [2.75, 3.05) is 0 Å². The van der Waals surface area contributed by atoms with Crippen LogP contribution < -0.4 is 5.73 Å². The molecule has 0 aliphatic heterocycles. The summed E-state index contributed by atoms with van der Waals surface area (Å²) in [6.45, 7) is 6.60. The van der Waals surface area contributed by atoms with Crippen LogP contribution in [0, 0.1) is 5.41 Å². The van der Waals surface area contributed by atoms with Crippen molar-refractivity contribution in [3.63, 3.8) is 0 Å². The lowest BCUT2D eigenvalue weighted by molar-refractivity contribution is 0.543. The van der Waals surface area contributed by atoms with Crippen LogP contribution in [0.3, 0.4) is 0 Å². The Morgan fingerprint density at radius 1 is 1.27 bits per heavy atom. The van der Waals surface area contributed by atoms with Crippen LogP contribution in [0.2, 0.25) is 0 Å². The maximum Gasteiger partial charge on any atom is 0.0427 e. The maximum atomic E-state index is 6.35. The molecule has 1 fully saturated rings. The molecule has 1 aromatic rings. The topological polar surface area (TPSA) is 26.0 Å². The van der Waals surface area contributed by atoms with Gasteiger partial charge < -0.3 is 5.73 Å². The number of hydrogen-bond donors (Lipinski definition) is 1. The zero-order chi connectivity index (χ0) is 11.1. The van der Waals surface area contributed by atoms with Crippen molar-refractivity contribution in [2.45, 2.75) is 32.7 Å². The number of benzene rings is 1. The molecule has 2 N–H and O–H groups in total. The van der Waals surface area contributed by atoms with Gasteiger partial charge in [0.05, 0.1) is 0 Å². The molecule has 0 saturated heterocycles. The molecule has 1 aliphatic rings. The molecule has 0 amide bonds. The molecule has 0 aromatic heterocycles. The highest BCUT2D eigenvalue weighted by Gasteiger charge is 2.59. The highest BCUT2D eigenvalue weighted by Crippen LogP contribution is 2.57. The van der Waals surface area contributed by atoms with Gasteiger partial charge in [0.2, 0.25) is 0 Å². The molecule has 1 aromatic carbocycles. The lowest BCUT2D eigenvalue weighted by Gasteiger charge is -2.15. The number of hydrogen-bond acceptors (Lipinski definition) is 1. The fourth-order valence-corrected chi connectivity index (χ4v) is 2.25. The van der Waals surface area contributed by atoms with Crippen molar-refractivity contribution in [1.82, 2.24) is 0 Å². The molecule has 1 aliphatic carbocycles. The smallest absolute Gasteiger partial charge is 0.0427 e. The summed E-state index contributed by atoms with van der Waals surface area (Å²) in [6.07, 6.45) is 3.30. The Hall–Kier alpha value is -1.08.